The quantitative estimate of drug-likeness (QED) is 0.675. The normalized spacial score (nSPS) is 16.3. The number of carbonyl (C=O) groups excluding carboxylic acids is 1. The molecule has 0 fully saturated rings. The molecule has 0 unspecified atom stereocenters. The number of carbonyl (C=O) groups is 1. The summed E-state index contributed by atoms with van der Waals surface area (Å²) < 4.78 is 36.4. The van der Waals surface area contributed by atoms with E-state index in [9.17, 15) is 18.0 Å². The first-order valence-electron chi connectivity index (χ1n) is 4.40. The number of hydrogen-bond acceptors (Lipinski definition) is 2. The summed E-state index contributed by atoms with van der Waals surface area (Å²) >= 11 is 1.53. The number of alkyl halides is 3. The van der Waals surface area contributed by atoms with Crippen molar-refractivity contribution in [2.24, 2.45) is 0 Å². The lowest BCUT2D eigenvalue weighted by atomic mass is 10.1. The number of nitrogens with zero attached hydrogens (tertiary/aromatic N) is 1. The number of thiophene rings is 1. The molecule has 1 aromatic rings. The Hall–Kier alpha value is -1.04. The van der Waals surface area contributed by atoms with Crippen molar-refractivity contribution in [1.82, 2.24) is 4.90 Å². The number of fused-ring (bicyclic) bond motifs is 1. The predicted octanol–water partition coefficient (Wildman–Crippen LogP) is 2.20. The Kier molecular flexibility index (Phi) is 2.46. The van der Waals surface area contributed by atoms with E-state index in [1.165, 1.54) is 11.3 Å². The summed E-state index contributed by atoms with van der Waals surface area (Å²) in [5.74, 6) is -1.74. The van der Waals surface area contributed by atoms with Crippen LogP contribution in [-0.2, 0) is 17.8 Å². The van der Waals surface area contributed by atoms with Gasteiger partial charge in [-0.2, -0.15) is 13.2 Å². The monoisotopic (exact) mass is 235 g/mol. The molecule has 2 rings (SSSR count). The van der Waals surface area contributed by atoms with Gasteiger partial charge in [0, 0.05) is 18.0 Å². The van der Waals surface area contributed by atoms with Gasteiger partial charge in [0.15, 0.2) is 0 Å². The van der Waals surface area contributed by atoms with Crippen molar-refractivity contribution in [2.45, 2.75) is 19.1 Å². The highest BCUT2D eigenvalue weighted by molar-refractivity contribution is 7.10. The average molecular weight is 235 g/mol. The Morgan fingerprint density at radius 3 is 2.87 bits per heavy atom. The van der Waals surface area contributed by atoms with Gasteiger partial charge in [-0.1, -0.05) is 0 Å². The van der Waals surface area contributed by atoms with Crippen molar-refractivity contribution >= 4 is 17.2 Å². The molecule has 1 aromatic heterocycles. The van der Waals surface area contributed by atoms with Crippen LogP contribution >= 0.6 is 11.3 Å². The van der Waals surface area contributed by atoms with Crippen molar-refractivity contribution in [2.75, 3.05) is 6.54 Å². The highest BCUT2D eigenvalue weighted by Gasteiger charge is 2.43. The van der Waals surface area contributed by atoms with Crippen LogP contribution < -0.4 is 0 Å². The second kappa shape index (κ2) is 3.52. The first-order valence-corrected chi connectivity index (χ1v) is 5.28. The molecule has 0 spiro atoms. The van der Waals surface area contributed by atoms with E-state index in [0.717, 1.165) is 15.3 Å². The van der Waals surface area contributed by atoms with Gasteiger partial charge in [-0.25, -0.2) is 0 Å². The Morgan fingerprint density at radius 2 is 2.20 bits per heavy atom. The van der Waals surface area contributed by atoms with E-state index < -0.39 is 12.1 Å². The largest absolute Gasteiger partial charge is 0.471 e. The van der Waals surface area contributed by atoms with Crippen LogP contribution in [0.3, 0.4) is 0 Å². The molecule has 0 saturated heterocycles. The molecule has 2 heterocycles. The first kappa shape index (κ1) is 10.5. The van der Waals surface area contributed by atoms with Gasteiger partial charge in [0.25, 0.3) is 0 Å². The van der Waals surface area contributed by atoms with Crippen LogP contribution in [0.25, 0.3) is 0 Å². The molecule has 82 valence electrons. The molecule has 15 heavy (non-hydrogen) atoms. The van der Waals surface area contributed by atoms with Crippen LogP contribution in [0.1, 0.15) is 10.4 Å². The molecule has 0 atom stereocenters. The van der Waals surface area contributed by atoms with Crippen LogP contribution in [0.4, 0.5) is 13.2 Å². The van der Waals surface area contributed by atoms with E-state index in [1.807, 2.05) is 5.38 Å². The lowest BCUT2D eigenvalue weighted by Crippen LogP contribution is -2.43. The van der Waals surface area contributed by atoms with Gasteiger partial charge in [-0.15, -0.1) is 11.3 Å². The maximum absolute atomic E-state index is 12.1. The Bertz CT molecular complexity index is 385. The number of halogens is 3. The summed E-state index contributed by atoms with van der Waals surface area (Å²) in [5, 5.41) is 1.84. The summed E-state index contributed by atoms with van der Waals surface area (Å²) in [6, 6.07) is 1.77. The van der Waals surface area contributed by atoms with E-state index in [4.69, 9.17) is 0 Å². The second-order valence-electron chi connectivity index (χ2n) is 3.34. The third kappa shape index (κ3) is 1.99. The fourth-order valence-corrected chi connectivity index (χ4v) is 2.49. The smallest absolute Gasteiger partial charge is 0.330 e. The molecule has 0 saturated carbocycles. The Morgan fingerprint density at radius 1 is 1.47 bits per heavy atom. The predicted molar refractivity (Wildman–Crippen MR) is 49.5 cm³/mol. The summed E-state index contributed by atoms with van der Waals surface area (Å²) in [6.07, 6.45) is -4.23. The zero-order valence-corrected chi connectivity index (χ0v) is 8.49. The summed E-state index contributed by atoms with van der Waals surface area (Å²) in [4.78, 5) is 12.9. The van der Waals surface area contributed by atoms with Crippen molar-refractivity contribution in [3.05, 3.63) is 21.9 Å². The van der Waals surface area contributed by atoms with E-state index in [0.29, 0.717) is 6.42 Å². The van der Waals surface area contributed by atoms with Crippen molar-refractivity contribution in [3.8, 4) is 0 Å². The third-order valence-corrected chi connectivity index (χ3v) is 3.36. The fraction of sp³-hybridized carbons (Fsp3) is 0.444. The van der Waals surface area contributed by atoms with Gasteiger partial charge < -0.3 is 4.90 Å². The van der Waals surface area contributed by atoms with Gasteiger partial charge >= 0.3 is 12.1 Å². The van der Waals surface area contributed by atoms with Crippen molar-refractivity contribution in [1.29, 1.82) is 0 Å². The maximum atomic E-state index is 12.1. The fourth-order valence-electron chi connectivity index (χ4n) is 1.60. The minimum absolute atomic E-state index is 0.0805. The van der Waals surface area contributed by atoms with E-state index in [2.05, 4.69) is 0 Å². The van der Waals surface area contributed by atoms with Gasteiger partial charge in [0.1, 0.15) is 0 Å². The molecule has 0 bridgehead atoms. The number of rotatable bonds is 0. The SMILES string of the molecule is O=C(N1CCc2sccc2C1)C(F)(F)F. The minimum atomic E-state index is -4.76. The average Bonchev–Trinajstić information content (AvgIpc) is 2.61. The first-order chi connectivity index (χ1) is 6.98. The van der Waals surface area contributed by atoms with Crippen LogP contribution in [0.5, 0.6) is 0 Å². The molecule has 0 N–H and O–H groups in total. The van der Waals surface area contributed by atoms with Crippen LogP contribution in [0, 0.1) is 0 Å². The van der Waals surface area contributed by atoms with Crippen LogP contribution in [0.15, 0.2) is 11.4 Å². The Labute approximate surface area is 88.3 Å². The zero-order valence-electron chi connectivity index (χ0n) is 7.67. The summed E-state index contributed by atoms with van der Waals surface area (Å²) in [6.45, 7) is 0.239. The van der Waals surface area contributed by atoms with Crippen molar-refractivity contribution in [3.63, 3.8) is 0 Å². The number of amides is 1. The van der Waals surface area contributed by atoms with Gasteiger partial charge in [0.2, 0.25) is 0 Å². The molecule has 0 aromatic carbocycles. The number of hydrogen-bond donors (Lipinski definition) is 0. The molecule has 1 amide bonds. The minimum Gasteiger partial charge on any atom is -0.330 e. The van der Waals surface area contributed by atoms with Gasteiger partial charge in [-0.05, 0) is 23.4 Å². The molecule has 2 nitrogen and oxygen atoms in total. The third-order valence-electron chi connectivity index (χ3n) is 2.34. The van der Waals surface area contributed by atoms with E-state index >= 15 is 0 Å². The molecule has 0 radical (unpaired) electrons. The molecule has 1 aliphatic heterocycles. The second-order valence-corrected chi connectivity index (χ2v) is 4.34. The summed E-state index contributed by atoms with van der Waals surface area (Å²) in [7, 11) is 0. The van der Waals surface area contributed by atoms with E-state index in [-0.39, 0.29) is 13.1 Å². The van der Waals surface area contributed by atoms with Crippen LogP contribution in [0.2, 0.25) is 0 Å². The standard InChI is InChI=1S/C9H8F3NOS/c10-9(11,12)8(14)13-3-1-7-6(5-13)2-4-15-7/h2,4H,1,3,5H2. The van der Waals surface area contributed by atoms with Crippen LogP contribution in [-0.4, -0.2) is 23.5 Å². The highest BCUT2D eigenvalue weighted by atomic mass is 32.1. The lowest BCUT2D eigenvalue weighted by Gasteiger charge is -2.27. The van der Waals surface area contributed by atoms with E-state index in [1.54, 1.807) is 6.07 Å². The van der Waals surface area contributed by atoms with Gasteiger partial charge in [-0.3, -0.25) is 4.79 Å². The topological polar surface area (TPSA) is 20.3 Å². The van der Waals surface area contributed by atoms with Gasteiger partial charge in [0.05, 0.1) is 0 Å². The summed E-state index contributed by atoms with van der Waals surface area (Å²) in [5.41, 5.74) is 0.837. The molecular formula is C9H8F3NOS. The molecule has 0 aliphatic carbocycles. The molecule has 1 aliphatic rings. The molecule has 6 heteroatoms. The molecular weight excluding hydrogens is 227 g/mol. The lowest BCUT2D eigenvalue weighted by molar-refractivity contribution is -0.186. The highest BCUT2D eigenvalue weighted by Crippen LogP contribution is 2.27. The van der Waals surface area contributed by atoms with Crippen molar-refractivity contribution < 1.29 is 18.0 Å². The maximum Gasteiger partial charge on any atom is 0.471 e. The zero-order chi connectivity index (χ0) is 11.1. The Balaban J connectivity index is 2.14.